The quantitative estimate of drug-likeness (QED) is 0.344. The third-order valence-corrected chi connectivity index (χ3v) is 8.43. The Morgan fingerprint density at radius 2 is 1.70 bits per heavy atom. The van der Waals surface area contributed by atoms with Gasteiger partial charge < -0.3 is 26.0 Å². The summed E-state index contributed by atoms with van der Waals surface area (Å²) in [6, 6.07) is 7.45. The first-order valence-corrected chi connectivity index (χ1v) is 15.4. The number of benzene rings is 1. The van der Waals surface area contributed by atoms with Crippen molar-refractivity contribution >= 4 is 33.9 Å². The van der Waals surface area contributed by atoms with Crippen LogP contribution in [0.1, 0.15) is 52.0 Å². The van der Waals surface area contributed by atoms with Gasteiger partial charge in [0.2, 0.25) is 27.8 Å². The molecule has 3 amide bonds. The minimum absolute atomic E-state index is 0.0522. The second kappa shape index (κ2) is 13.0. The molecule has 1 aromatic rings. The lowest BCUT2D eigenvalue weighted by atomic mass is 9.95. The molecule has 2 saturated heterocycles. The molecule has 2 aliphatic rings. The van der Waals surface area contributed by atoms with E-state index in [2.05, 4.69) is 4.99 Å². The van der Waals surface area contributed by atoms with Crippen molar-refractivity contribution in [2.45, 2.75) is 70.6 Å². The van der Waals surface area contributed by atoms with E-state index in [-0.39, 0.29) is 24.8 Å². The summed E-state index contributed by atoms with van der Waals surface area (Å²) in [6.07, 6.45) is 2.75. The van der Waals surface area contributed by atoms with Gasteiger partial charge in [0.25, 0.3) is 0 Å². The van der Waals surface area contributed by atoms with Crippen LogP contribution in [0.4, 0.5) is 4.79 Å². The number of ether oxygens (including phenoxy) is 1. The van der Waals surface area contributed by atoms with E-state index in [0.29, 0.717) is 45.3 Å². The molecule has 1 aromatic carbocycles. The van der Waals surface area contributed by atoms with Gasteiger partial charge in [0.05, 0.1) is 6.26 Å². The fraction of sp³-hybridized carbons (Fsp3) is 0.630. The van der Waals surface area contributed by atoms with Crippen LogP contribution in [0.25, 0.3) is 0 Å². The van der Waals surface area contributed by atoms with E-state index in [1.165, 1.54) is 9.21 Å². The summed E-state index contributed by atoms with van der Waals surface area (Å²) in [6.45, 7) is 6.63. The minimum Gasteiger partial charge on any atom is -0.442 e. The van der Waals surface area contributed by atoms with Crippen LogP contribution in [-0.2, 0) is 30.8 Å². The molecule has 0 saturated carbocycles. The Kier molecular flexibility index (Phi) is 10.2. The number of carbonyl (C=O) groups excluding carboxylic acids is 3. The number of aliphatic imine (C=N–C) groups is 1. The van der Waals surface area contributed by atoms with Crippen LogP contribution in [0.15, 0.2) is 35.3 Å². The van der Waals surface area contributed by atoms with Gasteiger partial charge in [-0.2, -0.15) is 4.31 Å². The number of guanidine groups is 1. The molecule has 3 rings (SSSR count). The number of carbonyl (C=O) groups is 3. The maximum atomic E-state index is 13.9. The molecule has 222 valence electrons. The first kappa shape index (κ1) is 31.3. The Bertz CT molecular complexity index is 1190. The average Bonchev–Trinajstić information content (AvgIpc) is 3.35. The highest BCUT2D eigenvalue weighted by molar-refractivity contribution is 7.88. The van der Waals surface area contributed by atoms with E-state index >= 15 is 0 Å². The minimum atomic E-state index is -3.81. The smallest absolute Gasteiger partial charge is 0.437 e. The molecule has 0 bridgehead atoms. The van der Waals surface area contributed by atoms with Gasteiger partial charge in [-0.05, 0) is 64.4 Å². The number of primary amides is 1. The first-order chi connectivity index (χ1) is 18.7. The maximum absolute atomic E-state index is 13.9. The Morgan fingerprint density at radius 3 is 2.25 bits per heavy atom. The lowest BCUT2D eigenvalue weighted by molar-refractivity contribution is -0.140. The normalized spacial score (nSPS) is 20.0. The van der Waals surface area contributed by atoms with Crippen molar-refractivity contribution in [3.8, 4) is 0 Å². The van der Waals surface area contributed by atoms with Crippen LogP contribution in [0.3, 0.4) is 0 Å². The molecule has 40 heavy (non-hydrogen) atoms. The summed E-state index contributed by atoms with van der Waals surface area (Å²) in [5.41, 5.74) is 11.7. The molecule has 0 spiro atoms. The molecule has 0 aromatic heterocycles. The molecule has 12 nitrogen and oxygen atoms in total. The van der Waals surface area contributed by atoms with E-state index in [9.17, 15) is 22.8 Å². The van der Waals surface area contributed by atoms with Crippen molar-refractivity contribution in [1.29, 1.82) is 0 Å². The van der Waals surface area contributed by atoms with Gasteiger partial charge in [-0.1, -0.05) is 30.3 Å². The van der Waals surface area contributed by atoms with Gasteiger partial charge in [-0.3, -0.25) is 9.59 Å². The predicted octanol–water partition coefficient (Wildman–Crippen LogP) is 1.30. The van der Waals surface area contributed by atoms with E-state index in [4.69, 9.17) is 16.2 Å². The third kappa shape index (κ3) is 8.65. The van der Waals surface area contributed by atoms with Crippen LogP contribution in [0.5, 0.6) is 0 Å². The van der Waals surface area contributed by atoms with Crippen LogP contribution in [-0.4, -0.2) is 96.5 Å². The fourth-order valence-electron chi connectivity index (χ4n) is 5.21. The van der Waals surface area contributed by atoms with Gasteiger partial charge in [0, 0.05) is 26.2 Å². The highest BCUT2D eigenvalue weighted by Crippen LogP contribution is 2.26. The van der Waals surface area contributed by atoms with Gasteiger partial charge in [-0.15, -0.1) is 4.99 Å². The Hall–Kier alpha value is -3.19. The Labute approximate surface area is 236 Å². The van der Waals surface area contributed by atoms with Gasteiger partial charge >= 0.3 is 6.09 Å². The summed E-state index contributed by atoms with van der Waals surface area (Å²) in [4.78, 5) is 45.0. The molecule has 2 heterocycles. The number of hydrogen-bond donors (Lipinski definition) is 2. The van der Waals surface area contributed by atoms with Crippen molar-refractivity contribution in [2.75, 3.05) is 32.4 Å². The lowest BCUT2D eigenvalue weighted by Gasteiger charge is -2.38. The molecule has 0 radical (unpaired) electrons. The zero-order valence-electron chi connectivity index (χ0n) is 23.8. The van der Waals surface area contributed by atoms with E-state index in [1.807, 2.05) is 30.3 Å². The van der Waals surface area contributed by atoms with Crippen molar-refractivity contribution in [3.63, 3.8) is 0 Å². The number of nitrogens with zero attached hydrogens (tertiary/aromatic N) is 4. The topological polar surface area (TPSA) is 169 Å². The first-order valence-electron chi connectivity index (χ1n) is 13.6. The number of amides is 3. The van der Waals surface area contributed by atoms with E-state index in [0.717, 1.165) is 11.8 Å². The van der Waals surface area contributed by atoms with Gasteiger partial charge in [0.1, 0.15) is 17.7 Å². The summed E-state index contributed by atoms with van der Waals surface area (Å²) < 4.78 is 32.8. The van der Waals surface area contributed by atoms with Crippen molar-refractivity contribution in [3.05, 3.63) is 35.9 Å². The third-order valence-electron chi connectivity index (χ3n) is 7.17. The molecular formula is C27H42N6O6S. The number of rotatable bonds is 8. The molecule has 0 aliphatic carbocycles. The summed E-state index contributed by atoms with van der Waals surface area (Å²) in [5, 5.41) is 0. The van der Waals surface area contributed by atoms with E-state index < -0.39 is 45.6 Å². The number of likely N-dealkylation sites (tertiary alicyclic amines) is 2. The fourth-order valence-corrected chi connectivity index (χ4v) is 6.32. The molecule has 0 unspecified atom stereocenters. The maximum Gasteiger partial charge on any atom is 0.437 e. The Balaban J connectivity index is 1.78. The van der Waals surface area contributed by atoms with Crippen LogP contribution in [0, 0.1) is 5.92 Å². The lowest BCUT2D eigenvalue weighted by Crippen LogP contribution is -2.56. The van der Waals surface area contributed by atoms with Gasteiger partial charge in [-0.25, -0.2) is 13.2 Å². The zero-order chi connectivity index (χ0) is 29.7. The predicted molar refractivity (Wildman–Crippen MR) is 152 cm³/mol. The molecule has 2 aliphatic heterocycles. The van der Waals surface area contributed by atoms with Crippen LogP contribution >= 0.6 is 0 Å². The van der Waals surface area contributed by atoms with Crippen molar-refractivity contribution in [2.24, 2.45) is 22.4 Å². The summed E-state index contributed by atoms with van der Waals surface area (Å²) >= 11 is 0. The second-order valence-corrected chi connectivity index (χ2v) is 13.4. The van der Waals surface area contributed by atoms with Crippen molar-refractivity contribution < 1.29 is 27.5 Å². The standard InChI is InChI=1S/C27H42N6O6S/c1-27(2,3)39-26(36)30-25(29)31-15-12-20(13-16-31)18-33(40(4,37)38)22(17-19-9-6-5-7-10-19)24(35)32-14-8-11-21(32)23(28)34/h5-7,9-10,20-22H,8,11-18H2,1-4H3,(H2,28,34)(H2,29,30,36)/t21-,22+/m0/s1. The van der Waals surface area contributed by atoms with E-state index in [1.54, 1.807) is 25.7 Å². The largest absolute Gasteiger partial charge is 0.442 e. The summed E-state index contributed by atoms with van der Waals surface area (Å²) in [5.74, 6) is -1.01. The monoisotopic (exact) mass is 578 g/mol. The zero-order valence-corrected chi connectivity index (χ0v) is 24.6. The second-order valence-electron chi connectivity index (χ2n) is 11.5. The average molecular weight is 579 g/mol. The van der Waals surface area contributed by atoms with Crippen molar-refractivity contribution in [1.82, 2.24) is 14.1 Å². The summed E-state index contributed by atoms with van der Waals surface area (Å²) in [7, 11) is -3.81. The SMILES string of the molecule is CC(C)(C)OC(=O)N=C(N)N1CCC(CN([C@H](Cc2ccccc2)C(=O)N2CCC[C@H]2C(N)=O)S(C)(=O)=O)CC1. The molecule has 2 fully saturated rings. The molecule has 2 atom stereocenters. The van der Waals surface area contributed by atoms with Gasteiger partial charge in [0.15, 0.2) is 0 Å². The van der Waals surface area contributed by atoms with Crippen LogP contribution in [0.2, 0.25) is 0 Å². The van der Waals surface area contributed by atoms with Crippen LogP contribution < -0.4 is 11.5 Å². The molecular weight excluding hydrogens is 536 g/mol. The number of nitrogens with two attached hydrogens (primary N) is 2. The number of sulfonamides is 1. The number of piperidine rings is 1. The highest BCUT2D eigenvalue weighted by Gasteiger charge is 2.41. The molecule has 4 N–H and O–H groups in total. The number of hydrogen-bond acceptors (Lipinski definition) is 6. The highest BCUT2D eigenvalue weighted by atomic mass is 32.2. The molecule has 13 heteroatoms. The Morgan fingerprint density at radius 1 is 1.07 bits per heavy atom.